The first-order valence-corrected chi connectivity index (χ1v) is 9.89. The lowest BCUT2D eigenvalue weighted by Gasteiger charge is -2.00. The van der Waals surface area contributed by atoms with Crippen LogP contribution in [0.1, 0.15) is 33.6 Å². The topological polar surface area (TPSA) is 29.9 Å². The van der Waals surface area contributed by atoms with Crippen LogP contribution >= 0.6 is 11.6 Å². The van der Waals surface area contributed by atoms with Crippen LogP contribution < -0.4 is 21.5 Å². The summed E-state index contributed by atoms with van der Waals surface area (Å²) in [5.74, 6) is 1.35. The number of allylic oxidation sites excluding steroid dienone is 4. The van der Waals surface area contributed by atoms with E-state index in [2.05, 4.69) is 54.9 Å². The van der Waals surface area contributed by atoms with Crippen molar-refractivity contribution in [2.45, 2.75) is 40.2 Å². The maximum atomic E-state index is 5.96. The molecule has 2 heterocycles. The molecule has 0 amide bonds. The van der Waals surface area contributed by atoms with E-state index in [1.54, 1.807) is 6.20 Å². The maximum absolute atomic E-state index is 5.96. The molecule has 2 aromatic heterocycles. The highest BCUT2D eigenvalue weighted by atomic mass is 79.9. The van der Waals surface area contributed by atoms with Crippen molar-refractivity contribution in [3.05, 3.63) is 83.3 Å². The molecular weight excluding hydrogens is 448 g/mol. The molecule has 3 nitrogen and oxygen atoms in total. The summed E-state index contributed by atoms with van der Waals surface area (Å²) in [6, 6.07) is 11.6. The third-order valence-electron chi connectivity index (χ3n) is 4.48. The minimum Gasteiger partial charge on any atom is -1.00 e. The van der Waals surface area contributed by atoms with Crippen molar-refractivity contribution in [2.75, 3.05) is 0 Å². The van der Waals surface area contributed by atoms with Crippen LogP contribution in [0.3, 0.4) is 0 Å². The molecule has 5 heteroatoms. The number of hydrogen-bond acceptors (Lipinski definition) is 2. The second kappa shape index (κ2) is 11.1. The number of hydrogen-bond donors (Lipinski definition) is 0. The first-order valence-electron chi connectivity index (χ1n) is 9.51. The Balaban J connectivity index is 0.00000300. The van der Waals surface area contributed by atoms with Gasteiger partial charge >= 0.3 is 0 Å². The largest absolute Gasteiger partial charge is 1.00 e. The van der Waals surface area contributed by atoms with Crippen LogP contribution in [0.15, 0.2) is 82.7 Å². The van der Waals surface area contributed by atoms with Crippen molar-refractivity contribution in [1.82, 2.24) is 4.98 Å². The standard InChI is InChI=1S/C24H26ClN2O.BrH/c1-18(2)6-4-7-19(3)13-15-27-14-5-8-21(17-27)24-26-16-23(28-24)20-9-11-22(25)12-10-20;/h5-6,8-14,16-17H,4,7,15H2,1-3H3;1H/q+1;/p-1/b19-13-;. The second-order valence-electron chi connectivity index (χ2n) is 7.20. The molecule has 0 bridgehead atoms. The molecule has 0 aliphatic carbocycles. The van der Waals surface area contributed by atoms with Gasteiger partial charge in [0.2, 0.25) is 5.89 Å². The number of halogens is 2. The number of rotatable bonds is 7. The summed E-state index contributed by atoms with van der Waals surface area (Å²) in [6.45, 7) is 7.30. The molecule has 0 radical (unpaired) electrons. The Kier molecular flexibility index (Phi) is 8.87. The molecule has 0 aliphatic heterocycles. The summed E-state index contributed by atoms with van der Waals surface area (Å²) < 4.78 is 8.11. The molecular formula is C24H26BrClN2O. The van der Waals surface area contributed by atoms with Crippen molar-refractivity contribution < 1.29 is 26.0 Å². The van der Waals surface area contributed by atoms with E-state index in [-0.39, 0.29) is 17.0 Å². The number of aromatic nitrogens is 2. The maximum Gasteiger partial charge on any atom is 0.232 e. The second-order valence-corrected chi connectivity index (χ2v) is 7.63. The van der Waals surface area contributed by atoms with Crippen molar-refractivity contribution in [1.29, 1.82) is 0 Å². The van der Waals surface area contributed by atoms with Gasteiger partial charge in [0, 0.05) is 16.7 Å². The molecule has 3 rings (SSSR count). The lowest BCUT2D eigenvalue weighted by molar-refractivity contribution is -0.686. The average molecular weight is 474 g/mol. The van der Waals surface area contributed by atoms with E-state index < -0.39 is 0 Å². The van der Waals surface area contributed by atoms with E-state index in [0.717, 1.165) is 36.3 Å². The number of nitrogens with zero attached hydrogens (tertiary/aromatic N) is 2. The average Bonchev–Trinajstić information content (AvgIpc) is 3.17. The highest BCUT2D eigenvalue weighted by Gasteiger charge is 2.11. The first kappa shape index (κ1) is 23.1. The Labute approximate surface area is 188 Å². The normalized spacial score (nSPS) is 11.1. The van der Waals surface area contributed by atoms with Crippen LogP contribution in [0.2, 0.25) is 5.02 Å². The van der Waals surface area contributed by atoms with Crippen molar-refractivity contribution in [2.24, 2.45) is 0 Å². The van der Waals surface area contributed by atoms with Gasteiger partial charge in [-0.2, -0.15) is 0 Å². The van der Waals surface area contributed by atoms with Crippen LogP contribution in [0.5, 0.6) is 0 Å². The molecule has 0 unspecified atom stereocenters. The van der Waals surface area contributed by atoms with E-state index in [9.17, 15) is 0 Å². The van der Waals surface area contributed by atoms with Crippen LogP contribution in [0, 0.1) is 0 Å². The molecule has 29 heavy (non-hydrogen) atoms. The highest BCUT2D eigenvalue weighted by Crippen LogP contribution is 2.26. The molecule has 0 atom stereocenters. The zero-order valence-electron chi connectivity index (χ0n) is 17.0. The van der Waals surface area contributed by atoms with Gasteiger partial charge in [0.15, 0.2) is 24.7 Å². The van der Waals surface area contributed by atoms with Gasteiger partial charge in [-0.3, -0.25) is 0 Å². The third-order valence-corrected chi connectivity index (χ3v) is 4.73. The van der Waals surface area contributed by atoms with Gasteiger partial charge in [0.25, 0.3) is 0 Å². The summed E-state index contributed by atoms with van der Waals surface area (Å²) in [4.78, 5) is 4.44. The molecule has 0 aliphatic rings. The lowest BCUT2D eigenvalue weighted by atomic mass is 10.1. The summed E-state index contributed by atoms with van der Waals surface area (Å²) >= 11 is 5.95. The zero-order valence-corrected chi connectivity index (χ0v) is 19.4. The smallest absolute Gasteiger partial charge is 0.232 e. The quantitative estimate of drug-likeness (QED) is 0.387. The van der Waals surface area contributed by atoms with E-state index in [1.807, 2.05) is 36.4 Å². The van der Waals surface area contributed by atoms with E-state index in [0.29, 0.717) is 10.9 Å². The first-order chi connectivity index (χ1) is 13.5. The molecule has 152 valence electrons. The Morgan fingerprint density at radius 1 is 1.07 bits per heavy atom. The number of oxazole rings is 1. The Morgan fingerprint density at radius 3 is 2.55 bits per heavy atom. The Hall–Kier alpha value is -2.17. The summed E-state index contributed by atoms with van der Waals surface area (Å²) in [5, 5.41) is 0.705. The van der Waals surface area contributed by atoms with Crippen LogP contribution in [-0.4, -0.2) is 4.98 Å². The van der Waals surface area contributed by atoms with Crippen LogP contribution in [0.4, 0.5) is 0 Å². The van der Waals surface area contributed by atoms with Gasteiger partial charge < -0.3 is 21.4 Å². The Bertz CT molecular complexity index is 986. The molecule has 0 N–H and O–H groups in total. The van der Waals surface area contributed by atoms with Gasteiger partial charge in [0.05, 0.1) is 6.20 Å². The summed E-state index contributed by atoms with van der Waals surface area (Å²) in [5.41, 5.74) is 4.69. The number of benzene rings is 1. The van der Waals surface area contributed by atoms with Gasteiger partial charge in [-0.25, -0.2) is 9.55 Å². The summed E-state index contributed by atoms with van der Waals surface area (Å²) in [6.07, 6.45) is 12.6. The molecule has 1 aromatic carbocycles. The van der Waals surface area contributed by atoms with E-state index >= 15 is 0 Å². The molecule has 3 aromatic rings. The highest BCUT2D eigenvalue weighted by molar-refractivity contribution is 6.30. The fraction of sp³-hybridized carbons (Fsp3) is 0.250. The van der Waals surface area contributed by atoms with Crippen molar-refractivity contribution in [3.8, 4) is 22.8 Å². The number of pyridine rings is 1. The van der Waals surface area contributed by atoms with E-state index in [1.165, 1.54) is 11.1 Å². The van der Waals surface area contributed by atoms with Crippen molar-refractivity contribution in [3.63, 3.8) is 0 Å². The fourth-order valence-corrected chi connectivity index (χ4v) is 3.00. The predicted octanol–water partition coefficient (Wildman–Crippen LogP) is 3.65. The van der Waals surface area contributed by atoms with Gasteiger partial charge in [0.1, 0.15) is 5.56 Å². The van der Waals surface area contributed by atoms with Crippen molar-refractivity contribution >= 4 is 11.6 Å². The molecule has 0 spiro atoms. The zero-order chi connectivity index (χ0) is 19.9. The van der Waals surface area contributed by atoms with Crippen LogP contribution in [0.25, 0.3) is 22.8 Å². The summed E-state index contributed by atoms with van der Waals surface area (Å²) in [7, 11) is 0. The van der Waals surface area contributed by atoms with Gasteiger partial charge in [-0.1, -0.05) is 28.8 Å². The lowest BCUT2D eigenvalue weighted by Crippen LogP contribution is -3.00. The molecule has 0 fully saturated rings. The molecule has 0 saturated heterocycles. The SMILES string of the molecule is CC(C)=CCC/C(C)=C\C[n+]1cccc(-c2ncc(-c3ccc(Cl)cc3)o2)c1.[Br-]. The fourth-order valence-electron chi connectivity index (χ4n) is 2.87. The minimum atomic E-state index is 0. The monoisotopic (exact) mass is 472 g/mol. The van der Waals surface area contributed by atoms with E-state index in [4.69, 9.17) is 16.0 Å². The van der Waals surface area contributed by atoms with Gasteiger partial charge in [-0.15, -0.1) is 0 Å². The third kappa shape index (κ3) is 6.98. The van der Waals surface area contributed by atoms with Gasteiger partial charge in [-0.05, 0) is 70.0 Å². The van der Waals surface area contributed by atoms with Crippen LogP contribution in [-0.2, 0) is 6.54 Å². The minimum absolute atomic E-state index is 0. The predicted molar refractivity (Wildman–Crippen MR) is 115 cm³/mol. The molecule has 0 saturated carbocycles. The Morgan fingerprint density at radius 2 is 1.83 bits per heavy atom.